The monoisotopic (exact) mass is 286 g/mol. The molecule has 0 saturated carbocycles. The van der Waals surface area contributed by atoms with E-state index in [1.165, 1.54) is 0 Å². The van der Waals surface area contributed by atoms with Crippen molar-refractivity contribution in [1.29, 1.82) is 0 Å². The van der Waals surface area contributed by atoms with Gasteiger partial charge in [-0.3, -0.25) is 14.5 Å². The van der Waals surface area contributed by atoms with Gasteiger partial charge in [0.15, 0.2) is 0 Å². The van der Waals surface area contributed by atoms with Gasteiger partial charge >= 0.3 is 0 Å². The van der Waals surface area contributed by atoms with Crippen molar-refractivity contribution >= 4 is 5.91 Å². The number of nitrogens with zero attached hydrogens (tertiary/aromatic N) is 3. The van der Waals surface area contributed by atoms with Crippen molar-refractivity contribution in [2.75, 3.05) is 0 Å². The number of hydrogen-bond acceptors (Lipinski definition) is 4. The van der Waals surface area contributed by atoms with Gasteiger partial charge in [-0.15, -0.1) is 0 Å². The molecule has 1 atom stereocenters. The standard InChI is InChI=1S/C15H18N4O2/c1-10(2)17-15(20)14-7-11-6-13(9-19(11)18-14)21-12-4-3-5-16-8-12/h3-5,7-8,10,13H,6,9H2,1-2H3,(H,17,20)/t13-/m0/s1. The smallest absolute Gasteiger partial charge is 0.271 e. The van der Waals surface area contributed by atoms with Gasteiger partial charge in [-0.1, -0.05) is 0 Å². The quantitative estimate of drug-likeness (QED) is 0.923. The third-order valence-electron chi connectivity index (χ3n) is 3.27. The van der Waals surface area contributed by atoms with Crippen molar-refractivity contribution in [3.05, 3.63) is 42.0 Å². The molecule has 0 bridgehead atoms. The van der Waals surface area contributed by atoms with Crippen molar-refractivity contribution in [3.8, 4) is 5.75 Å². The first-order valence-corrected chi connectivity index (χ1v) is 7.06. The predicted molar refractivity (Wildman–Crippen MR) is 77.2 cm³/mol. The number of rotatable bonds is 4. The van der Waals surface area contributed by atoms with E-state index in [2.05, 4.69) is 15.4 Å². The second kappa shape index (κ2) is 5.55. The molecule has 3 rings (SSSR count). The van der Waals surface area contributed by atoms with Crippen molar-refractivity contribution in [2.24, 2.45) is 0 Å². The number of pyridine rings is 1. The Morgan fingerprint density at radius 1 is 1.52 bits per heavy atom. The van der Waals surface area contributed by atoms with Gasteiger partial charge in [-0.2, -0.15) is 5.10 Å². The summed E-state index contributed by atoms with van der Waals surface area (Å²) in [6.07, 6.45) is 4.20. The van der Waals surface area contributed by atoms with E-state index in [0.717, 1.165) is 17.9 Å². The lowest BCUT2D eigenvalue weighted by molar-refractivity contribution is 0.0936. The number of carbonyl (C=O) groups is 1. The topological polar surface area (TPSA) is 69.0 Å². The van der Waals surface area contributed by atoms with Gasteiger partial charge in [0, 0.05) is 24.4 Å². The minimum atomic E-state index is -0.128. The van der Waals surface area contributed by atoms with E-state index in [0.29, 0.717) is 12.2 Å². The zero-order chi connectivity index (χ0) is 14.8. The molecular formula is C15H18N4O2. The van der Waals surface area contributed by atoms with Gasteiger partial charge in [-0.05, 0) is 32.0 Å². The second-order valence-corrected chi connectivity index (χ2v) is 5.46. The number of aromatic nitrogens is 3. The molecule has 0 unspecified atom stereocenters. The fourth-order valence-electron chi connectivity index (χ4n) is 2.40. The Balaban J connectivity index is 1.64. The van der Waals surface area contributed by atoms with Crippen molar-refractivity contribution in [2.45, 2.75) is 39.0 Å². The average Bonchev–Trinajstić information content (AvgIpc) is 2.97. The molecule has 1 N–H and O–H groups in total. The van der Waals surface area contributed by atoms with E-state index in [1.54, 1.807) is 12.4 Å². The molecule has 6 nitrogen and oxygen atoms in total. The Hall–Kier alpha value is -2.37. The summed E-state index contributed by atoms with van der Waals surface area (Å²) in [5, 5.41) is 7.19. The molecule has 1 aliphatic heterocycles. The first-order valence-electron chi connectivity index (χ1n) is 7.06. The molecular weight excluding hydrogens is 268 g/mol. The maximum atomic E-state index is 11.9. The van der Waals surface area contributed by atoms with E-state index in [4.69, 9.17) is 4.74 Å². The van der Waals surface area contributed by atoms with Crippen molar-refractivity contribution < 1.29 is 9.53 Å². The summed E-state index contributed by atoms with van der Waals surface area (Å²) < 4.78 is 7.70. The summed E-state index contributed by atoms with van der Waals surface area (Å²) in [7, 11) is 0. The predicted octanol–water partition coefficient (Wildman–Crippen LogP) is 1.42. The highest BCUT2D eigenvalue weighted by atomic mass is 16.5. The average molecular weight is 286 g/mol. The summed E-state index contributed by atoms with van der Waals surface area (Å²) in [5.41, 5.74) is 1.50. The van der Waals surface area contributed by atoms with Gasteiger partial charge in [-0.25, -0.2) is 0 Å². The summed E-state index contributed by atoms with van der Waals surface area (Å²) >= 11 is 0. The molecule has 3 heterocycles. The minimum absolute atomic E-state index is 0.0407. The molecule has 0 spiro atoms. The van der Waals surface area contributed by atoms with Crippen LogP contribution in [-0.4, -0.2) is 32.8 Å². The molecule has 0 aromatic carbocycles. The lowest BCUT2D eigenvalue weighted by Crippen LogP contribution is -2.30. The van der Waals surface area contributed by atoms with Crippen LogP contribution in [0.3, 0.4) is 0 Å². The van der Waals surface area contributed by atoms with Crippen molar-refractivity contribution in [3.63, 3.8) is 0 Å². The Kier molecular flexibility index (Phi) is 3.60. The normalized spacial score (nSPS) is 16.8. The largest absolute Gasteiger partial charge is 0.486 e. The highest BCUT2D eigenvalue weighted by molar-refractivity contribution is 5.92. The van der Waals surface area contributed by atoms with Crippen molar-refractivity contribution in [1.82, 2.24) is 20.1 Å². The molecule has 110 valence electrons. The summed E-state index contributed by atoms with van der Waals surface area (Å²) in [4.78, 5) is 15.9. The van der Waals surface area contributed by atoms with Crippen LogP contribution >= 0.6 is 0 Å². The van der Waals surface area contributed by atoms with E-state index >= 15 is 0 Å². The maximum absolute atomic E-state index is 11.9. The van der Waals surface area contributed by atoms with E-state index in [9.17, 15) is 4.79 Å². The van der Waals surface area contributed by atoms with Crippen LogP contribution in [0.2, 0.25) is 0 Å². The molecule has 6 heteroatoms. The lowest BCUT2D eigenvalue weighted by atomic mass is 10.2. The first-order chi connectivity index (χ1) is 10.1. The number of carbonyl (C=O) groups excluding carboxylic acids is 1. The lowest BCUT2D eigenvalue weighted by Gasteiger charge is -2.12. The SMILES string of the molecule is CC(C)NC(=O)c1cc2n(n1)C[C@@H](Oc1cccnc1)C2. The molecule has 0 aliphatic carbocycles. The number of amides is 1. The third-order valence-corrected chi connectivity index (χ3v) is 3.27. The fourth-order valence-corrected chi connectivity index (χ4v) is 2.40. The molecule has 2 aromatic heterocycles. The zero-order valence-electron chi connectivity index (χ0n) is 12.1. The number of ether oxygens (including phenoxy) is 1. The van der Waals surface area contributed by atoms with E-state index in [1.807, 2.05) is 36.7 Å². The Morgan fingerprint density at radius 2 is 2.38 bits per heavy atom. The molecule has 1 aliphatic rings. The third kappa shape index (κ3) is 3.04. The molecule has 1 amide bonds. The maximum Gasteiger partial charge on any atom is 0.271 e. The fraction of sp³-hybridized carbons (Fsp3) is 0.400. The van der Waals surface area contributed by atoms with Gasteiger partial charge in [0.2, 0.25) is 0 Å². The van der Waals surface area contributed by atoms with Crippen LogP contribution in [0, 0.1) is 0 Å². The number of hydrogen-bond donors (Lipinski definition) is 1. The highest BCUT2D eigenvalue weighted by Crippen LogP contribution is 2.20. The zero-order valence-corrected chi connectivity index (χ0v) is 12.1. The number of nitrogens with one attached hydrogen (secondary N) is 1. The van der Waals surface area contributed by atoms with Crippen LogP contribution in [-0.2, 0) is 13.0 Å². The molecule has 21 heavy (non-hydrogen) atoms. The molecule has 0 saturated heterocycles. The van der Waals surface area contributed by atoms with Gasteiger partial charge in [0.05, 0.1) is 12.7 Å². The molecule has 2 aromatic rings. The van der Waals surface area contributed by atoms with Crippen LogP contribution in [0.4, 0.5) is 0 Å². The summed E-state index contributed by atoms with van der Waals surface area (Å²) in [6.45, 7) is 4.51. The Morgan fingerprint density at radius 3 is 3.05 bits per heavy atom. The van der Waals surface area contributed by atoms with Crippen LogP contribution < -0.4 is 10.1 Å². The highest BCUT2D eigenvalue weighted by Gasteiger charge is 2.26. The van der Waals surface area contributed by atoms with Gasteiger partial charge in [0.1, 0.15) is 17.5 Å². The van der Waals surface area contributed by atoms with E-state index in [-0.39, 0.29) is 18.1 Å². The second-order valence-electron chi connectivity index (χ2n) is 5.46. The first kappa shape index (κ1) is 13.6. The number of fused-ring (bicyclic) bond motifs is 1. The summed E-state index contributed by atoms with van der Waals surface area (Å²) in [5.74, 6) is 0.627. The Labute approximate surface area is 123 Å². The van der Waals surface area contributed by atoms with Crippen LogP contribution in [0.5, 0.6) is 5.75 Å². The summed E-state index contributed by atoms with van der Waals surface area (Å²) in [6, 6.07) is 5.67. The van der Waals surface area contributed by atoms with Gasteiger partial charge in [0.25, 0.3) is 5.91 Å². The van der Waals surface area contributed by atoms with E-state index < -0.39 is 0 Å². The molecule has 0 radical (unpaired) electrons. The minimum Gasteiger partial charge on any atom is -0.486 e. The van der Waals surface area contributed by atoms with Crippen LogP contribution in [0.25, 0.3) is 0 Å². The van der Waals surface area contributed by atoms with Gasteiger partial charge < -0.3 is 10.1 Å². The van der Waals surface area contributed by atoms with Crippen LogP contribution in [0.1, 0.15) is 30.0 Å². The van der Waals surface area contributed by atoms with Crippen LogP contribution in [0.15, 0.2) is 30.6 Å². The molecule has 0 fully saturated rings. The Bertz CT molecular complexity index is 613.